The van der Waals surface area contributed by atoms with Crippen LogP contribution in [0.1, 0.15) is 47.0 Å². The average molecular weight is 358 g/mol. The molecule has 0 saturated heterocycles. The Morgan fingerprint density at radius 1 is 1.00 bits per heavy atom. The second-order valence-electron chi connectivity index (χ2n) is 6.67. The van der Waals surface area contributed by atoms with Gasteiger partial charge in [0.1, 0.15) is 12.1 Å². The van der Waals surface area contributed by atoms with Crippen LogP contribution in [0.15, 0.2) is 0 Å². The monoisotopic (exact) mass is 358 g/mol. The van der Waals surface area contributed by atoms with E-state index >= 15 is 0 Å². The van der Waals surface area contributed by atoms with Crippen molar-refractivity contribution in [2.75, 3.05) is 0 Å². The lowest BCUT2D eigenvalue weighted by Crippen LogP contribution is -2.56. The van der Waals surface area contributed by atoms with E-state index in [2.05, 4.69) is 10.6 Å². The van der Waals surface area contributed by atoms with Crippen molar-refractivity contribution < 1.29 is 24.3 Å². The fraction of sp³-hybridized carbons (Fsp3) is 0.750. The van der Waals surface area contributed by atoms with E-state index in [1.165, 1.54) is 0 Å². The molecule has 0 heterocycles. The van der Waals surface area contributed by atoms with Crippen molar-refractivity contribution in [2.24, 2.45) is 23.3 Å². The molecule has 25 heavy (non-hydrogen) atoms. The zero-order chi connectivity index (χ0) is 19.7. The molecule has 0 aliphatic heterocycles. The van der Waals surface area contributed by atoms with E-state index < -0.39 is 48.2 Å². The summed E-state index contributed by atoms with van der Waals surface area (Å²) in [5, 5.41) is 13.9. The Balaban J connectivity index is 5.11. The molecule has 9 heteroatoms. The van der Waals surface area contributed by atoms with Crippen LogP contribution in [0.3, 0.4) is 0 Å². The highest BCUT2D eigenvalue weighted by Gasteiger charge is 2.30. The maximum atomic E-state index is 12.3. The summed E-state index contributed by atoms with van der Waals surface area (Å²) in [6.45, 7) is 7.29. The van der Waals surface area contributed by atoms with E-state index in [1.807, 2.05) is 20.8 Å². The number of carboxylic acids is 1. The third kappa shape index (κ3) is 8.48. The Hall–Kier alpha value is -2.16. The number of primary amides is 1. The van der Waals surface area contributed by atoms with Crippen molar-refractivity contribution in [3.05, 3.63) is 0 Å². The first-order valence-electron chi connectivity index (χ1n) is 8.36. The summed E-state index contributed by atoms with van der Waals surface area (Å²) in [7, 11) is 0. The largest absolute Gasteiger partial charge is 0.480 e. The maximum Gasteiger partial charge on any atom is 0.326 e. The summed E-state index contributed by atoms with van der Waals surface area (Å²) in [6, 6.07) is -3.24. The number of hydrogen-bond acceptors (Lipinski definition) is 5. The van der Waals surface area contributed by atoms with Crippen LogP contribution >= 0.6 is 0 Å². The number of aliphatic carboxylic acids is 1. The van der Waals surface area contributed by atoms with E-state index in [-0.39, 0.29) is 18.3 Å². The molecule has 7 N–H and O–H groups in total. The minimum atomic E-state index is -1.27. The predicted molar refractivity (Wildman–Crippen MR) is 92.2 cm³/mol. The van der Waals surface area contributed by atoms with Crippen LogP contribution in [0.4, 0.5) is 0 Å². The van der Waals surface area contributed by atoms with E-state index in [0.29, 0.717) is 6.42 Å². The van der Waals surface area contributed by atoms with Crippen molar-refractivity contribution in [3.8, 4) is 0 Å². The molecule has 0 fully saturated rings. The number of rotatable bonds is 11. The van der Waals surface area contributed by atoms with Crippen LogP contribution in [-0.2, 0) is 19.2 Å². The molecule has 0 radical (unpaired) electrons. The summed E-state index contributed by atoms with van der Waals surface area (Å²) in [6.07, 6.45) is 0.431. The molecule has 4 unspecified atom stereocenters. The molecule has 0 aromatic rings. The molecule has 144 valence electrons. The number of carboxylic acid groups (broad SMARTS) is 1. The average Bonchev–Trinajstić information content (AvgIpc) is 2.50. The minimum Gasteiger partial charge on any atom is -0.480 e. The highest BCUT2D eigenvalue weighted by atomic mass is 16.4. The number of amides is 3. The highest BCUT2D eigenvalue weighted by molar-refractivity contribution is 5.94. The van der Waals surface area contributed by atoms with Crippen LogP contribution in [0.2, 0.25) is 0 Å². The van der Waals surface area contributed by atoms with Gasteiger partial charge in [-0.1, -0.05) is 34.1 Å². The summed E-state index contributed by atoms with van der Waals surface area (Å²) < 4.78 is 0. The SMILES string of the molecule is CCC(C)C(N)C(=O)NC(CC(N)=O)C(=O)NC(CC(C)C)C(=O)O. The molecule has 0 aliphatic carbocycles. The Labute approximate surface area is 147 Å². The summed E-state index contributed by atoms with van der Waals surface area (Å²) in [5.74, 6) is -3.45. The third-order valence-electron chi connectivity index (χ3n) is 3.92. The van der Waals surface area contributed by atoms with E-state index in [9.17, 15) is 24.3 Å². The van der Waals surface area contributed by atoms with E-state index in [4.69, 9.17) is 11.5 Å². The van der Waals surface area contributed by atoms with Gasteiger partial charge in [-0.15, -0.1) is 0 Å². The van der Waals surface area contributed by atoms with Crippen molar-refractivity contribution >= 4 is 23.7 Å². The number of hydrogen-bond donors (Lipinski definition) is 5. The quantitative estimate of drug-likeness (QED) is 0.329. The molecule has 0 saturated carbocycles. The molecule has 0 spiro atoms. The first-order chi connectivity index (χ1) is 11.5. The lowest BCUT2D eigenvalue weighted by Gasteiger charge is -2.24. The Kier molecular flexibility index (Phi) is 9.73. The molecular formula is C16H30N4O5. The third-order valence-corrected chi connectivity index (χ3v) is 3.92. The van der Waals surface area contributed by atoms with Crippen LogP contribution in [0, 0.1) is 11.8 Å². The van der Waals surface area contributed by atoms with Gasteiger partial charge in [-0.2, -0.15) is 0 Å². The maximum absolute atomic E-state index is 12.3. The normalized spacial score (nSPS) is 15.8. The Bertz CT molecular complexity index is 495. The van der Waals surface area contributed by atoms with Gasteiger partial charge >= 0.3 is 5.97 Å². The highest BCUT2D eigenvalue weighted by Crippen LogP contribution is 2.08. The van der Waals surface area contributed by atoms with Crippen molar-refractivity contribution in [3.63, 3.8) is 0 Å². The van der Waals surface area contributed by atoms with Gasteiger partial charge in [0.25, 0.3) is 0 Å². The van der Waals surface area contributed by atoms with Gasteiger partial charge in [-0.3, -0.25) is 14.4 Å². The molecule has 4 atom stereocenters. The molecular weight excluding hydrogens is 328 g/mol. The number of carbonyl (C=O) groups is 4. The minimum absolute atomic E-state index is 0.0319. The first-order valence-corrected chi connectivity index (χ1v) is 8.36. The fourth-order valence-corrected chi connectivity index (χ4v) is 2.16. The zero-order valence-electron chi connectivity index (χ0n) is 15.2. The van der Waals surface area contributed by atoms with E-state index in [0.717, 1.165) is 0 Å². The molecule has 0 aliphatic rings. The summed E-state index contributed by atoms with van der Waals surface area (Å²) in [4.78, 5) is 46.9. The van der Waals surface area contributed by atoms with Crippen molar-refractivity contribution in [1.29, 1.82) is 0 Å². The van der Waals surface area contributed by atoms with Gasteiger partial charge in [0.15, 0.2) is 0 Å². The topological polar surface area (TPSA) is 165 Å². The van der Waals surface area contributed by atoms with Crippen LogP contribution in [0.5, 0.6) is 0 Å². The van der Waals surface area contributed by atoms with Crippen molar-refractivity contribution in [2.45, 2.75) is 65.1 Å². The van der Waals surface area contributed by atoms with Crippen LogP contribution in [0.25, 0.3) is 0 Å². The van der Waals surface area contributed by atoms with Crippen LogP contribution in [-0.4, -0.2) is 46.9 Å². The number of nitrogens with one attached hydrogen (secondary N) is 2. The van der Waals surface area contributed by atoms with Gasteiger partial charge in [-0.25, -0.2) is 4.79 Å². The molecule has 0 rings (SSSR count). The van der Waals surface area contributed by atoms with E-state index in [1.54, 1.807) is 6.92 Å². The smallest absolute Gasteiger partial charge is 0.326 e. The first kappa shape index (κ1) is 22.8. The Morgan fingerprint density at radius 3 is 1.92 bits per heavy atom. The number of carbonyl (C=O) groups excluding carboxylic acids is 3. The van der Waals surface area contributed by atoms with Gasteiger partial charge in [-0.05, 0) is 18.3 Å². The molecule has 3 amide bonds. The van der Waals surface area contributed by atoms with Gasteiger partial charge < -0.3 is 27.2 Å². The standard InChI is InChI=1S/C16H30N4O5/c1-5-9(4)13(18)15(23)19-10(7-12(17)21)14(22)20-11(16(24)25)6-8(2)3/h8-11,13H,5-7,18H2,1-4H3,(H2,17,21)(H,19,23)(H,20,22)(H,24,25). The van der Waals surface area contributed by atoms with Crippen LogP contribution < -0.4 is 22.1 Å². The molecule has 0 aromatic heterocycles. The molecule has 0 bridgehead atoms. The summed E-state index contributed by atoms with van der Waals surface area (Å²) in [5.41, 5.74) is 10.9. The second-order valence-corrected chi connectivity index (χ2v) is 6.67. The zero-order valence-corrected chi connectivity index (χ0v) is 15.2. The molecule has 9 nitrogen and oxygen atoms in total. The predicted octanol–water partition coefficient (Wildman–Crippen LogP) is -0.664. The Morgan fingerprint density at radius 2 is 1.52 bits per heavy atom. The summed E-state index contributed by atoms with van der Waals surface area (Å²) >= 11 is 0. The molecule has 0 aromatic carbocycles. The van der Waals surface area contributed by atoms with Crippen molar-refractivity contribution in [1.82, 2.24) is 10.6 Å². The van der Waals surface area contributed by atoms with Gasteiger partial charge in [0.05, 0.1) is 12.5 Å². The fourth-order valence-electron chi connectivity index (χ4n) is 2.16. The van der Waals surface area contributed by atoms with Gasteiger partial charge in [0.2, 0.25) is 17.7 Å². The number of nitrogens with two attached hydrogens (primary N) is 2. The lowest BCUT2D eigenvalue weighted by molar-refractivity contribution is -0.142. The second kappa shape index (κ2) is 10.7. The van der Waals surface area contributed by atoms with Gasteiger partial charge in [0, 0.05) is 0 Å². The lowest BCUT2D eigenvalue weighted by atomic mass is 9.98.